The molecule has 0 aliphatic rings. The molecule has 170 valence electrons. The number of sulfonamides is 1. The van der Waals surface area contributed by atoms with Gasteiger partial charge in [-0.05, 0) is 62.4 Å². The Morgan fingerprint density at radius 3 is 2.15 bits per heavy atom. The highest BCUT2D eigenvalue weighted by molar-refractivity contribution is 7.89. The first-order valence-corrected chi connectivity index (χ1v) is 11.9. The molecule has 0 atom stereocenters. The van der Waals surface area contributed by atoms with Crippen LogP contribution in [0, 0.1) is 0 Å². The van der Waals surface area contributed by atoms with E-state index in [1.165, 1.54) is 28.9 Å². The van der Waals surface area contributed by atoms with E-state index in [2.05, 4.69) is 5.10 Å². The lowest BCUT2D eigenvalue weighted by Gasteiger charge is -2.15. The number of ether oxygens (including phenoxy) is 2. The summed E-state index contributed by atoms with van der Waals surface area (Å²) >= 11 is 0. The molecular weight excluding hydrogens is 442 g/mol. The van der Waals surface area contributed by atoms with E-state index in [0.29, 0.717) is 46.9 Å². The van der Waals surface area contributed by atoms with E-state index in [-0.39, 0.29) is 10.5 Å². The Bertz CT molecular complexity index is 1480. The molecule has 0 radical (unpaired) electrons. The van der Waals surface area contributed by atoms with Crippen LogP contribution in [0.15, 0.2) is 76.4 Å². The number of hydrogen-bond acceptors (Lipinski definition) is 6. The average Bonchev–Trinajstić information content (AvgIpc) is 2.81. The fraction of sp³-hybridized carbons (Fsp3) is 0.167. The molecule has 4 rings (SSSR count). The summed E-state index contributed by atoms with van der Waals surface area (Å²) in [7, 11) is -3.85. The summed E-state index contributed by atoms with van der Waals surface area (Å²) in [6.45, 7) is 4.75. The van der Waals surface area contributed by atoms with Crippen LogP contribution in [-0.4, -0.2) is 31.4 Å². The van der Waals surface area contributed by atoms with Crippen LogP contribution in [0.4, 0.5) is 0 Å². The van der Waals surface area contributed by atoms with E-state index in [9.17, 15) is 13.2 Å². The first-order valence-electron chi connectivity index (χ1n) is 10.4. The van der Waals surface area contributed by atoms with Gasteiger partial charge in [-0.15, -0.1) is 0 Å². The normalized spacial score (nSPS) is 11.5. The van der Waals surface area contributed by atoms with Crippen molar-refractivity contribution in [2.45, 2.75) is 18.7 Å². The van der Waals surface area contributed by atoms with Gasteiger partial charge in [0.2, 0.25) is 10.0 Å². The summed E-state index contributed by atoms with van der Waals surface area (Å²) in [6.07, 6.45) is 0. The minimum absolute atomic E-state index is 0.0480. The number of primary sulfonamides is 1. The zero-order valence-electron chi connectivity index (χ0n) is 18.2. The molecule has 3 aromatic carbocycles. The third kappa shape index (κ3) is 4.46. The fourth-order valence-corrected chi connectivity index (χ4v) is 4.07. The van der Waals surface area contributed by atoms with Gasteiger partial charge in [-0.3, -0.25) is 4.79 Å². The van der Waals surface area contributed by atoms with Crippen molar-refractivity contribution in [3.8, 4) is 28.4 Å². The molecule has 0 fully saturated rings. The van der Waals surface area contributed by atoms with Gasteiger partial charge in [-0.1, -0.05) is 18.2 Å². The van der Waals surface area contributed by atoms with E-state index in [1.54, 1.807) is 12.1 Å². The lowest BCUT2D eigenvalue weighted by molar-refractivity contribution is 0.288. The number of fused-ring (bicyclic) bond motifs is 1. The van der Waals surface area contributed by atoms with Gasteiger partial charge in [0.15, 0.2) is 11.5 Å². The number of nitrogens with zero attached hydrogens (tertiary/aromatic N) is 2. The van der Waals surface area contributed by atoms with Gasteiger partial charge in [-0.2, -0.15) is 9.78 Å². The van der Waals surface area contributed by atoms with Crippen LogP contribution in [0.1, 0.15) is 13.8 Å². The quantitative estimate of drug-likeness (QED) is 0.447. The van der Waals surface area contributed by atoms with Crippen LogP contribution in [0.2, 0.25) is 0 Å². The van der Waals surface area contributed by atoms with Gasteiger partial charge < -0.3 is 9.47 Å². The van der Waals surface area contributed by atoms with Crippen molar-refractivity contribution in [3.63, 3.8) is 0 Å². The van der Waals surface area contributed by atoms with E-state index in [1.807, 2.05) is 44.2 Å². The predicted molar refractivity (Wildman–Crippen MR) is 126 cm³/mol. The smallest absolute Gasteiger partial charge is 0.279 e. The maximum atomic E-state index is 13.2. The van der Waals surface area contributed by atoms with Crippen molar-refractivity contribution in [1.82, 2.24) is 9.78 Å². The third-order valence-corrected chi connectivity index (χ3v) is 5.96. The summed E-state index contributed by atoms with van der Waals surface area (Å²) in [5, 5.41) is 11.0. The molecule has 0 spiro atoms. The largest absolute Gasteiger partial charge is 0.490 e. The van der Waals surface area contributed by atoms with Crippen molar-refractivity contribution < 1.29 is 17.9 Å². The van der Waals surface area contributed by atoms with Crippen molar-refractivity contribution in [1.29, 1.82) is 0 Å². The Balaban J connectivity index is 1.94. The molecule has 9 heteroatoms. The Hall–Kier alpha value is -3.69. The Morgan fingerprint density at radius 1 is 0.879 bits per heavy atom. The molecule has 0 aliphatic heterocycles. The molecule has 8 nitrogen and oxygen atoms in total. The standard InChI is InChI=1S/C24H23N3O5S/c1-3-31-21-14-9-16(15-22(21)32-4-2)23-19-7-5-6-8-20(19)24(28)27(26-23)17-10-12-18(13-11-17)33(25,29)30/h5-15H,3-4H2,1-2H3,(H2,25,29,30). The first-order chi connectivity index (χ1) is 15.8. The van der Waals surface area contributed by atoms with Gasteiger partial charge in [-0.25, -0.2) is 13.6 Å². The van der Waals surface area contributed by atoms with E-state index in [4.69, 9.17) is 14.6 Å². The zero-order chi connectivity index (χ0) is 23.6. The van der Waals surface area contributed by atoms with Crippen LogP contribution < -0.4 is 20.2 Å². The molecule has 0 bridgehead atoms. The highest BCUT2D eigenvalue weighted by Crippen LogP contribution is 2.34. The molecule has 0 amide bonds. The second kappa shape index (κ2) is 9.05. The minimum Gasteiger partial charge on any atom is -0.490 e. The molecule has 33 heavy (non-hydrogen) atoms. The van der Waals surface area contributed by atoms with Crippen LogP contribution >= 0.6 is 0 Å². The van der Waals surface area contributed by atoms with Crippen LogP contribution in [-0.2, 0) is 10.0 Å². The second-order valence-electron chi connectivity index (χ2n) is 7.18. The molecule has 1 heterocycles. The lowest BCUT2D eigenvalue weighted by Crippen LogP contribution is -2.22. The number of aromatic nitrogens is 2. The molecule has 2 N–H and O–H groups in total. The topological polar surface area (TPSA) is 114 Å². The number of benzene rings is 3. The molecule has 0 unspecified atom stereocenters. The molecule has 1 aromatic heterocycles. The lowest BCUT2D eigenvalue weighted by atomic mass is 10.0. The van der Waals surface area contributed by atoms with Crippen LogP contribution in [0.5, 0.6) is 11.5 Å². The number of nitrogens with two attached hydrogens (primary N) is 1. The summed E-state index contributed by atoms with van der Waals surface area (Å²) < 4.78 is 35.9. The Labute approximate surface area is 191 Å². The summed E-state index contributed by atoms with van der Waals surface area (Å²) in [4.78, 5) is 13.2. The Morgan fingerprint density at radius 2 is 1.52 bits per heavy atom. The van der Waals surface area contributed by atoms with E-state index >= 15 is 0 Å². The minimum atomic E-state index is -3.85. The molecular formula is C24H23N3O5S. The van der Waals surface area contributed by atoms with Gasteiger partial charge in [0.1, 0.15) is 0 Å². The van der Waals surface area contributed by atoms with Crippen LogP contribution in [0.25, 0.3) is 27.7 Å². The van der Waals surface area contributed by atoms with Crippen molar-refractivity contribution in [2.75, 3.05) is 13.2 Å². The maximum Gasteiger partial charge on any atom is 0.279 e. The second-order valence-corrected chi connectivity index (χ2v) is 8.74. The van der Waals surface area contributed by atoms with Crippen LogP contribution in [0.3, 0.4) is 0 Å². The zero-order valence-corrected chi connectivity index (χ0v) is 19.0. The van der Waals surface area contributed by atoms with Gasteiger partial charge in [0, 0.05) is 10.9 Å². The maximum absolute atomic E-state index is 13.2. The van der Waals surface area contributed by atoms with Gasteiger partial charge >= 0.3 is 0 Å². The predicted octanol–water partition coefficient (Wildman–Crippen LogP) is 3.50. The summed E-state index contributed by atoms with van der Waals surface area (Å²) in [6, 6.07) is 18.4. The van der Waals surface area contributed by atoms with Crippen molar-refractivity contribution in [2.24, 2.45) is 5.14 Å². The molecule has 0 saturated heterocycles. The fourth-order valence-electron chi connectivity index (χ4n) is 3.55. The highest BCUT2D eigenvalue weighted by Gasteiger charge is 2.16. The summed E-state index contributed by atoms with van der Waals surface area (Å²) in [5.74, 6) is 1.21. The molecule has 0 saturated carbocycles. The van der Waals surface area contributed by atoms with E-state index in [0.717, 1.165) is 5.56 Å². The monoisotopic (exact) mass is 465 g/mol. The number of rotatable bonds is 7. The van der Waals surface area contributed by atoms with Crippen molar-refractivity contribution in [3.05, 3.63) is 77.1 Å². The molecule has 0 aliphatic carbocycles. The highest BCUT2D eigenvalue weighted by atomic mass is 32.2. The Kier molecular flexibility index (Phi) is 6.17. The van der Waals surface area contributed by atoms with E-state index < -0.39 is 10.0 Å². The average molecular weight is 466 g/mol. The molecule has 4 aromatic rings. The third-order valence-electron chi connectivity index (χ3n) is 5.03. The first kappa shape index (κ1) is 22.5. The SMILES string of the molecule is CCOc1ccc(-c2nn(-c3ccc(S(N)(=O)=O)cc3)c(=O)c3ccccc23)cc1OCC. The summed E-state index contributed by atoms with van der Waals surface area (Å²) in [5.41, 5.74) is 1.40. The van der Waals surface area contributed by atoms with Gasteiger partial charge in [0.25, 0.3) is 5.56 Å². The number of hydrogen-bond donors (Lipinski definition) is 1. The van der Waals surface area contributed by atoms with Crippen molar-refractivity contribution >= 4 is 20.8 Å². The van der Waals surface area contributed by atoms with Gasteiger partial charge in [0.05, 0.1) is 34.9 Å².